The first-order chi connectivity index (χ1) is 9.66. The summed E-state index contributed by atoms with van der Waals surface area (Å²) < 4.78 is 0. The molecule has 100 valence electrons. The van der Waals surface area contributed by atoms with Crippen LogP contribution >= 0.6 is 0 Å². The highest BCUT2D eigenvalue weighted by atomic mass is 16.7. The maximum Gasteiger partial charge on any atom is 0.356 e. The number of amides is 2. The second kappa shape index (κ2) is 4.53. The van der Waals surface area contributed by atoms with Gasteiger partial charge in [0, 0.05) is 0 Å². The van der Waals surface area contributed by atoms with Crippen LogP contribution in [0.15, 0.2) is 30.6 Å². The Morgan fingerprint density at radius 3 is 2.35 bits per heavy atom. The molecule has 0 atom stereocenters. The van der Waals surface area contributed by atoms with Crippen molar-refractivity contribution in [3.63, 3.8) is 0 Å². The van der Waals surface area contributed by atoms with Gasteiger partial charge in [-0.25, -0.2) is 4.79 Å². The standard InChI is InChI=1S/C11H7N5O4/c17-9(5-15-13-6-12-14-15)20-16-10(18)7-3-1-2-4-8(7)11(16)19/h1-4,6H,5H2. The van der Waals surface area contributed by atoms with Gasteiger partial charge in [-0.05, 0) is 17.3 Å². The van der Waals surface area contributed by atoms with Gasteiger partial charge in [0.25, 0.3) is 11.8 Å². The molecule has 3 rings (SSSR count). The fraction of sp³-hybridized carbons (Fsp3) is 0.0909. The van der Waals surface area contributed by atoms with Crippen LogP contribution in [0.25, 0.3) is 0 Å². The van der Waals surface area contributed by atoms with Gasteiger partial charge in [-0.3, -0.25) is 9.59 Å². The molecule has 1 aromatic carbocycles. The fourth-order valence-corrected chi connectivity index (χ4v) is 1.76. The van der Waals surface area contributed by atoms with Gasteiger partial charge in [0.2, 0.25) is 0 Å². The van der Waals surface area contributed by atoms with Gasteiger partial charge < -0.3 is 4.84 Å². The van der Waals surface area contributed by atoms with Crippen LogP contribution in [0.2, 0.25) is 0 Å². The van der Waals surface area contributed by atoms with E-state index in [1.165, 1.54) is 12.1 Å². The average Bonchev–Trinajstić information content (AvgIpc) is 3.03. The maximum atomic E-state index is 11.9. The summed E-state index contributed by atoms with van der Waals surface area (Å²) in [5, 5.41) is 10.9. The third-order valence-electron chi connectivity index (χ3n) is 2.61. The number of fused-ring (bicyclic) bond motifs is 1. The van der Waals surface area contributed by atoms with E-state index in [9.17, 15) is 14.4 Å². The molecular formula is C11H7N5O4. The van der Waals surface area contributed by atoms with E-state index in [0.29, 0.717) is 5.06 Å². The van der Waals surface area contributed by atoms with E-state index < -0.39 is 17.8 Å². The average molecular weight is 273 g/mol. The van der Waals surface area contributed by atoms with Gasteiger partial charge >= 0.3 is 5.97 Å². The molecule has 0 N–H and O–H groups in total. The van der Waals surface area contributed by atoms with Gasteiger partial charge in [-0.2, -0.15) is 4.80 Å². The third kappa shape index (κ3) is 1.90. The number of carbonyl (C=O) groups excluding carboxylic acids is 3. The van der Waals surface area contributed by atoms with E-state index in [4.69, 9.17) is 4.84 Å². The lowest BCUT2D eigenvalue weighted by molar-refractivity contribution is -0.169. The number of hydroxylamine groups is 2. The van der Waals surface area contributed by atoms with Crippen LogP contribution in [0.4, 0.5) is 0 Å². The highest BCUT2D eigenvalue weighted by Gasteiger charge is 2.38. The van der Waals surface area contributed by atoms with Gasteiger partial charge in [-0.1, -0.05) is 17.2 Å². The Labute approximate surface area is 111 Å². The summed E-state index contributed by atoms with van der Waals surface area (Å²) in [7, 11) is 0. The number of hydrogen-bond donors (Lipinski definition) is 0. The van der Waals surface area contributed by atoms with E-state index >= 15 is 0 Å². The summed E-state index contributed by atoms with van der Waals surface area (Å²) in [6.07, 6.45) is 1.15. The molecule has 20 heavy (non-hydrogen) atoms. The number of imide groups is 1. The molecule has 2 heterocycles. The monoisotopic (exact) mass is 273 g/mol. The minimum atomic E-state index is -0.850. The van der Waals surface area contributed by atoms with Crippen molar-refractivity contribution in [1.29, 1.82) is 0 Å². The molecule has 0 saturated heterocycles. The zero-order valence-electron chi connectivity index (χ0n) is 9.96. The molecular weight excluding hydrogens is 266 g/mol. The van der Waals surface area contributed by atoms with E-state index in [2.05, 4.69) is 15.4 Å². The number of aromatic nitrogens is 4. The molecule has 9 nitrogen and oxygen atoms in total. The van der Waals surface area contributed by atoms with Crippen molar-refractivity contribution in [2.75, 3.05) is 0 Å². The lowest BCUT2D eigenvalue weighted by Gasteiger charge is -2.11. The first kappa shape index (κ1) is 12.0. The van der Waals surface area contributed by atoms with Crippen LogP contribution in [-0.2, 0) is 16.2 Å². The minimum Gasteiger partial charge on any atom is -0.328 e. The van der Waals surface area contributed by atoms with E-state index in [-0.39, 0.29) is 17.7 Å². The molecule has 1 aliphatic rings. The van der Waals surface area contributed by atoms with E-state index in [1.807, 2.05) is 0 Å². The predicted octanol–water partition coefficient (Wildman–Crippen LogP) is -0.573. The lowest BCUT2D eigenvalue weighted by Crippen LogP contribution is -2.34. The Morgan fingerprint density at radius 1 is 1.15 bits per heavy atom. The normalized spacial score (nSPS) is 13.5. The second-order valence-corrected chi connectivity index (χ2v) is 3.88. The number of carbonyl (C=O) groups is 3. The van der Waals surface area contributed by atoms with E-state index in [0.717, 1.165) is 11.1 Å². The van der Waals surface area contributed by atoms with Gasteiger partial charge in [-0.15, -0.1) is 10.2 Å². The molecule has 1 aliphatic heterocycles. The first-order valence-corrected chi connectivity index (χ1v) is 5.56. The number of hydrogen-bond acceptors (Lipinski definition) is 7. The highest BCUT2D eigenvalue weighted by molar-refractivity contribution is 6.20. The molecule has 9 heteroatoms. The number of rotatable bonds is 3. The van der Waals surface area contributed by atoms with Crippen molar-refractivity contribution in [2.45, 2.75) is 6.54 Å². The van der Waals surface area contributed by atoms with Gasteiger partial charge in [0.1, 0.15) is 0 Å². The molecule has 0 fully saturated rings. The predicted molar refractivity (Wildman–Crippen MR) is 60.9 cm³/mol. The van der Waals surface area contributed by atoms with Crippen molar-refractivity contribution >= 4 is 17.8 Å². The van der Waals surface area contributed by atoms with Crippen LogP contribution < -0.4 is 0 Å². The summed E-state index contributed by atoms with van der Waals surface area (Å²) in [6.45, 7) is -0.354. The smallest absolute Gasteiger partial charge is 0.328 e. The topological polar surface area (TPSA) is 107 Å². The van der Waals surface area contributed by atoms with Crippen LogP contribution in [0.5, 0.6) is 0 Å². The molecule has 0 radical (unpaired) electrons. The highest BCUT2D eigenvalue weighted by Crippen LogP contribution is 2.22. The summed E-state index contributed by atoms with van der Waals surface area (Å²) in [5.41, 5.74) is 0.397. The van der Waals surface area contributed by atoms with Crippen LogP contribution in [0.1, 0.15) is 20.7 Å². The zero-order valence-corrected chi connectivity index (χ0v) is 9.96. The van der Waals surface area contributed by atoms with Crippen LogP contribution in [-0.4, -0.2) is 43.1 Å². The molecule has 0 spiro atoms. The molecule has 0 saturated carbocycles. The number of nitrogens with zero attached hydrogens (tertiary/aromatic N) is 5. The summed E-state index contributed by atoms with van der Waals surface area (Å²) in [5.74, 6) is -2.20. The largest absolute Gasteiger partial charge is 0.356 e. The van der Waals surface area contributed by atoms with Gasteiger partial charge in [0.05, 0.1) is 11.1 Å². The summed E-state index contributed by atoms with van der Waals surface area (Å²) in [6, 6.07) is 6.22. The Morgan fingerprint density at radius 2 is 1.80 bits per heavy atom. The minimum absolute atomic E-state index is 0.198. The molecule has 0 unspecified atom stereocenters. The number of tetrazole rings is 1. The van der Waals surface area contributed by atoms with E-state index in [1.54, 1.807) is 12.1 Å². The Kier molecular flexibility index (Phi) is 2.71. The quantitative estimate of drug-likeness (QED) is 0.689. The van der Waals surface area contributed by atoms with Crippen molar-refractivity contribution in [3.8, 4) is 0 Å². The summed E-state index contributed by atoms with van der Waals surface area (Å²) in [4.78, 5) is 41.2. The molecule has 2 aromatic rings. The van der Waals surface area contributed by atoms with Crippen LogP contribution in [0.3, 0.4) is 0 Å². The third-order valence-corrected chi connectivity index (χ3v) is 2.61. The second-order valence-electron chi connectivity index (χ2n) is 3.88. The zero-order chi connectivity index (χ0) is 14.1. The Balaban J connectivity index is 1.75. The van der Waals surface area contributed by atoms with Crippen molar-refractivity contribution in [3.05, 3.63) is 41.7 Å². The first-order valence-electron chi connectivity index (χ1n) is 5.56. The maximum absolute atomic E-state index is 11.9. The number of benzene rings is 1. The fourth-order valence-electron chi connectivity index (χ4n) is 1.76. The Hall–Kier alpha value is -3.10. The van der Waals surface area contributed by atoms with Crippen LogP contribution in [0, 0.1) is 0 Å². The van der Waals surface area contributed by atoms with Crippen molar-refractivity contribution < 1.29 is 19.2 Å². The lowest BCUT2D eigenvalue weighted by atomic mass is 10.1. The SMILES string of the molecule is O=C(Cn1ncnn1)ON1C(=O)c2ccccc2C1=O. The van der Waals surface area contributed by atoms with Gasteiger partial charge in [0.15, 0.2) is 12.9 Å². The van der Waals surface area contributed by atoms with Crippen molar-refractivity contribution in [1.82, 2.24) is 25.3 Å². The summed E-state index contributed by atoms with van der Waals surface area (Å²) >= 11 is 0. The molecule has 1 aromatic heterocycles. The molecule has 0 bridgehead atoms. The molecule has 0 aliphatic carbocycles. The Bertz CT molecular complexity index is 662. The van der Waals surface area contributed by atoms with Crippen molar-refractivity contribution in [2.24, 2.45) is 0 Å². The molecule has 2 amide bonds.